The number of para-hydroxylation sites is 1. The molecule has 7 heteroatoms. The van der Waals surface area contributed by atoms with Gasteiger partial charge in [0, 0.05) is 18.8 Å². The van der Waals surface area contributed by atoms with Crippen LogP contribution >= 0.6 is 11.6 Å². The molecule has 0 aliphatic carbocycles. The molecule has 0 aromatic heterocycles. The Morgan fingerprint density at radius 3 is 2.40 bits per heavy atom. The Hall–Kier alpha value is -2.83. The predicted molar refractivity (Wildman–Crippen MR) is 120 cm³/mol. The summed E-state index contributed by atoms with van der Waals surface area (Å²) >= 11 is 6.45. The van der Waals surface area contributed by atoms with Crippen molar-refractivity contribution in [3.05, 3.63) is 88.9 Å². The Balaban J connectivity index is 1.65. The number of rotatable bonds is 4. The lowest BCUT2D eigenvalue weighted by molar-refractivity contribution is 0.0981. The first-order valence-electron chi connectivity index (χ1n) is 9.55. The molecule has 0 saturated heterocycles. The van der Waals surface area contributed by atoms with Crippen LogP contribution in [0.4, 0.5) is 11.4 Å². The van der Waals surface area contributed by atoms with Crippen LogP contribution in [-0.2, 0) is 16.4 Å². The van der Waals surface area contributed by atoms with E-state index >= 15 is 0 Å². The molecule has 30 heavy (non-hydrogen) atoms. The molecule has 5 nitrogen and oxygen atoms in total. The quantitative estimate of drug-likeness (QED) is 0.587. The van der Waals surface area contributed by atoms with Gasteiger partial charge in [0.15, 0.2) is 0 Å². The molecule has 0 fully saturated rings. The largest absolute Gasteiger partial charge is 0.305 e. The van der Waals surface area contributed by atoms with Gasteiger partial charge in [0.25, 0.3) is 15.9 Å². The van der Waals surface area contributed by atoms with E-state index in [4.69, 9.17) is 11.6 Å². The fraction of sp³-hybridized carbons (Fsp3) is 0.174. The fourth-order valence-corrected chi connectivity index (χ4v) is 5.23. The normalized spacial score (nSPS) is 15.7. The second-order valence-electron chi connectivity index (χ2n) is 7.31. The van der Waals surface area contributed by atoms with E-state index in [-0.39, 0.29) is 21.9 Å². The first-order valence-corrected chi connectivity index (χ1v) is 11.4. The molecule has 1 atom stereocenters. The molecule has 0 saturated carbocycles. The summed E-state index contributed by atoms with van der Waals surface area (Å²) in [6.45, 7) is 2.00. The number of sulfonamides is 1. The average Bonchev–Trinajstić information content (AvgIpc) is 3.09. The minimum atomic E-state index is -3.73. The molecule has 0 spiro atoms. The van der Waals surface area contributed by atoms with Gasteiger partial charge in [-0.1, -0.05) is 48.0 Å². The highest BCUT2D eigenvalue weighted by molar-refractivity contribution is 7.92. The zero-order chi connectivity index (χ0) is 21.5. The standard InChI is InChI=1S/C23H21ClN2O3S/c1-16-14-17-8-6-7-11-22(17)26(16)23(27)20-13-12-18(15-21(20)24)25(2)30(28,29)19-9-4-3-5-10-19/h3-13,15-16H,14H2,1-2H3/t16-/m1/s1. The first-order chi connectivity index (χ1) is 14.3. The molecule has 1 aliphatic rings. The molecule has 3 aromatic rings. The van der Waals surface area contributed by atoms with E-state index in [2.05, 4.69) is 0 Å². The maximum Gasteiger partial charge on any atom is 0.264 e. The molecule has 0 N–H and O–H groups in total. The number of nitrogens with zero attached hydrogens (tertiary/aromatic N) is 2. The van der Waals surface area contributed by atoms with Crippen molar-refractivity contribution in [2.24, 2.45) is 0 Å². The van der Waals surface area contributed by atoms with E-state index in [1.54, 1.807) is 35.2 Å². The van der Waals surface area contributed by atoms with Crippen LogP contribution < -0.4 is 9.21 Å². The number of carbonyl (C=O) groups is 1. The molecule has 1 amide bonds. The van der Waals surface area contributed by atoms with Crippen molar-refractivity contribution in [1.29, 1.82) is 0 Å². The summed E-state index contributed by atoms with van der Waals surface area (Å²) in [5, 5.41) is 0.212. The smallest absolute Gasteiger partial charge is 0.264 e. The van der Waals surface area contributed by atoms with Crippen LogP contribution in [0.15, 0.2) is 77.7 Å². The maximum absolute atomic E-state index is 13.3. The molecular formula is C23H21ClN2O3S. The van der Waals surface area contributed by atoms with Crippen molar-refractivity contribution < 1.29 is 13.2 Å². The monoisotopic (exact) mass is 440 g/mol. The highest BCUT2D eigenvalue weighted by atomic mass is 35.5. The lowest BCUT2D eigenvalue weighted by Gasteiger charge is -2.24. The highest BCUT2D eigenvalue weighted by Gasteiger charge is 2.32. The molecule has 0 radical (unpaired) electrons. The minimum Gasteiger partial charge on any atom is -0.305 e. The third kappa shape index (κ3) is 3.46. The second-order valence-corrected chi connectivity index (χ2v) is 9.68. The third-order valence-electron chi connectivity index (χ3n) is 5.37. The van der Waals surface area contributed by atoms with Crippen LogP contribution in [0, 0.1) is 0 Å². The van der Waals surface area contributed by atoms with Gasteiger partial charge < -0.3 is 4.90 Å². The van der Waals surface area contributed by atoms with Crippen LogP contribution in [0.25, 0.3) is 0 Å². The number of amides is 1. The SMILES string of the molecule is C[C@@H]1Cc2ccccc2N1C(=O)c1ccc(N(C)S(=O)(=O)c2ccccc2)cc1Cl. The second kappa shape index (κ2) is 7.78. The van der Waals surface area contributed by atoms with Crippen molar-refractivity contribution in [3.8, 4) is 0 Å². The van der Waals surface area contributed by atoms with Gasteiger partial charge in [-0.3, -0.25) is 9.10 Å². The number of fused-ring (bicyclic) bond motifs is 1. The van der Waals surface area contributed by atoms with Crippen LogP contribution in [0.5, 0.6) is 0 Å². The Morgan fingerprint density at radius 1 is 1.03 bits per heavy atom. The Kier molecular flexibility index (Phi) is 5.30. The van der Waals surface area contributed by atoms with Crippen LogP contribution in [0.3, 0.4) is 0 Å². The van der Waals surface area contributed by atoms with Gasteiger partial charge >= 0.3 is 0 Å². The van der Waals surface area contributed by atoms with Gasteiger partial charge in [-0.15, -0.1) is 0 Å². The number of carbonyl (C=O) groups excluding carboxylic acids is 1. The molecule has 1 aliphatic heterocycles. The van der Waals surface area contributed by atoms with Crippen LogP contribution in [-0.4, -0.2) is 27.4 Å². The topological polar surface area (TPSA) is 57.7 Å². The number of hydrogen-bond acceptors (Lipinski definition) is 3. The van der Waals surface area contributed by atoms with E-state index in [0.29, 0.717) is 11.3 Å². The summed E-state index contributed by atoms with van der Waals surface area (Å²) in [6.07, 6.45) is 0.787. The lowest BCUT2D eigenvalue weighted by atomic mass is 10.1. The molecular weight excluding hydrogens is 420 g/mol. The van der Waals surface area contributed by atoms with Gasteiger partial charge in [-0.05, 0) is 55.3 Å². The van der Waals surface area contributed by atoms with Gasteiger partial charge in [-0.25, -0.2) is 8.42 Å². The van der Waals surface area contributed by atoms with Crippen molar-refractivity contribution in [1.82, 2.24) is 0 Å². The van der Waals surface area contributed by atoms with Crippen LogP contribution in [0.1, 0.15) is 22.8 Å². The molecule has 4 rings (SSSR count). The van der Waals surface area contributed by atoms with Crippen molar-refractivity contribution >= 4 is 38.9 Å². The van der Waals surface area contributed by atoms with E-state index < -0.39 is 10.0 Å². The van der Waals surface area contributed by atoms with E-state index in [1.165, 1.54) is 25.2 Å². The summed E-state index contributed by atoms with van der Waals surface area (Å²) in [6, 6.07) is 20.7. The van der Waals surface area contributed by atoms with Gasteiger partial charge in [-0.2, -0.15) is 0 Å². The summed E-state index contributed by atoms with van der Waals surface area (Å²) in [7, 11) is -2.26. The Morgan fingerprint density at radius 2 is 1.70 bits per heavy atom. The average molecular weight is 441 g/mol. The van der Waals surface area contributed by atoms with Crippen LogP contribution in [0.2, 0.25) is 5.02 Å². The van der Waals surface area contributed by atoms with Crippen molar-refractivity contribution in [2.45, 2.75) is 24.3 Å². The van der Waals surface area contributed by atoms with Gasteiger partial charge in [0.1, 0.15) is 0 Å². The highest BCUT2D eigenvalue weighted by Crippen LogP contribution is 2.35. The zero-order valence-electron chi connectivity index (χ0n) is 16.6. The minimum absolute atomic E-state index is 0.0202. The molecule has 0 unspecified atom stereocenters. The summed E-state index contributed by atoms with van der Waals surface area (Å²) < 4.78 is 26.9. The molecule has 154 valence electrons. The number of anilines is 2. The summed E-state index contributed by atoms with van der Waals surface area (Å²) in [5.74, 6) is -0.197. The number of benzene rings is 3. The van der Waals surface area contributed by atoms with Gasteiger partial charge in [0.2, 0.25) is 0 Å². The fourth-order valence-electron chi connectivity index (χ4n) is 3.77. The van der Waals surface area contributed by atoms with Gasteiger partial charge in [0.05, 0.1) is 21.2 Å². The lowest BCUT2D eigenvalue weighted by Crippen LogP contribution is -2.36. The summed E-state index contributed by atoms with van der Waals surface area (Å²) in [5.41, 5.74) is 2.74. The van der Waals surface area contributed by atoms with E-state index in [0.717, 1.165) is 22.0 Å². The molecule has 3 aromatic carbocycles. The summed E-state index contributed by atoms with van der Waals surface area (Å²) in [4.78, 5) is 15.2. The van der Waals surface area contributed by atoms with Crippen molar-refractivity contribution in [3.63, 3.8) is 0 Å². The Bertz CT molecular complexity index is 1210. The Labute approximate surface area is 181 Å². The van der Waals surface area contributed by atoms with Crippen molar-refractivity contribution in [2.75, 3.05) is 16.3 Å². The third-order valence-corrected chi connectivity index (χ3v) is 7.49. The zero-order valence-corrected chi connectivity index (χ0v) is 18.2. The molecule has 0 bridgehead atoms. The molecule has 1 heterocycles. The van der Waals surface area contributed by atoms with E-state index in [9.17, 15) is 13.2 Å². The maximum atomic E-state index is 13.3. The predicted octanol–water partition coefficient (Wildman–Crippen LogP) is 4.76. The van der Waals surface area contributed by atoms with E-state index in [1.807, 2.05) is 31.2 Å². The number of halogens is 1. The number of hydrogen-bond donors (Lipinski definition) is 0. The first kappa shape index (κ1) is 20.4.